The number of rotatable bonds is 5. The second-order valence-corrected chi connectivity index (χ2v) is 6.08. The summed E-state index contributed by atoms with van der Waals surface area (Å²) in [6.07, 6.45) is 3.36. The molecule has 1 atom stereocenters. The molecule has 1 aliphatic carbocycles. The fraction of sp³-hybridized carbons (Fsp3) is 0.733. The van der Waals surface area contributed by atoms with Gasteiger partial charge in [0, 0.05) is 12.0 Å². The molecule has 0 unspecified atom stereocenters. The van der Waals surface area contributed by atoms with Gasteiger partial charge in [0.15, 0.2) is 0 Å². The number of aliphatic hydroxyl groups excluding tert-OH is 3. The Morgan fingerprint density at radius 1 is 1.22 bits per heavy atom. The Bertz CT molecular complexity index is 366. The minimum Gasteiger partial charge on any atom is -0.396 e. The first-order valence-electron chi connectivity index (χ1n) is 6.58. The number of hydrogen-bond donors (Lipinski definition) is 3. The number of aliphatic hydroxyl groups is 3. The molecule has 104 valence electrons. The molecule has 0 aromatic carbocycles. The van der Waals surface area contributed by atoms with Gasteiger partial charge in [-0.25, -0.2) is 0 Å². The summed E-state index contributed by atoms with van der Waals surface area (Å²) in [7, 11) is 0. The summed E-state index contributed by atoms with van der Waals surface area (Å²) in [4.78, 5) is 0. The van der Waals surface area contributed by atoms with Crippen LogP contribution in [0.1, 0.15) is 40.5 Å². The van der Waals surface area contributed by atoms with E-state index >= 15 is 0 Å². The molecular formula is C15H26O3. The Labute approximate surface area is 110 Å². The standard InChI is InChI=1S/C15H26O3/c1-5-11(8-17)13-12(6-7-16)14(2,3)9-15(13,4)10-18/h5,16-18H,6-10H2,1-4H3/b11-5-/t15-/m1/s1. The molecule has 0 saturated heterocycles. The predicted molar refractivity (Wildman–Crippen MR) is 73.2 cm³/mol. The molecule has 0 aromatic rings. The van der Waals surface area contributed by atoms with Crippen LogP contribution in [0.2, 0.25) is 0 Å². The maximum absolute atomic E-state index is 9.75. The predicted octanol–water partition coefficient (Wildman–Crippen LogP) is 2.03. The quantitative estimate of drug-likeness (QED) is 0.703. The lowest BCUT2D eigenvalue weighted by Crippen LogP contribution is -2.24. The van der Waals surface area contributed by atoms with E-state index in [0.717, 1.165) is 17.6 Å². The SMILES string of the molecule is C/C=C(/CO)C1=C(CCO)C(C)(C)C[C@]1(C)CO. The molecule has 0 radical (unpaired) electrons. The lowest BCUT2D eigenvalue weighted by atomic mass is 9.77. The summed E-state index contributed by atoms with van der Waals surface area (Å²) >= 11 is 0. The third-order valence-corrected chi connectivity index (χ3v) is 4.11. The molecule has 0 bridgehead atoms. The van der Waals surface area contributed by atoms with Crippen LogP contribution < -0.4 is 0 Å². The molecule has 0 saturated carbocycles. The molecule has 0 amide bonds. The highest BCUT2D eigenvalue weighted by Crippen LogP contribution is 2.55. The van der Waals surface area contributed by atoms with Crippen LogP contribution in [0.25, 0.3) is 0 Å². The van der Waals surface area contributed by atoms with E-state index in [1.54, 1.807) is 0 Å². The molecular weight excluding hydrogens is 228 g/mol. The molecule has 3 nitrogen and oxygen atoms in total. The van der Waals surface area contributed by atoms with Crippen molar-refractivity contribution in [3.63, 3.8) is 0 Å². The third kappa shape index (κ3) is 2.53. The molecule has 0 fully saturated rings. The average molecular weight is 254 g/mol. The largest absolute Gasteiger partial charge is 0.396 e. The van der Waals surface area contributed by atoms with E-state index in [2.05, 4.69) is 13.8 Å². The van der Waals surface area contributed by atoms with Gasteiger partial charge in [0.2, 0.25) is 0 Å². The smallest absolute Gasteiger partial charge is 0.0681 e. The minimum absolute atomic E-state index is 0.0214. The molecule has 1 rings (SSSR count). The number of hydrogen-bond acceptors (Lipinski definition) is 3. The molecule has 0 aliphatic heterocycles. The van der Waals surface area contributed by atoms with Crippen LogP contribution in [0.5, 0.6) is 0 Å². The normalized spacial score (nSPS) is 28.1. The highest BCUT2D eigenvalue weighted by atomic mass is 16.3. The van der Waals surface area contributed by atoms with Gasteiger partial charge in [-0.3, -0.25) is 0 Å². The molecule has 3 N–H and O–H groups in total. The zero-order chi connectivity index (χ0) is 14.0. The van der Waals surface area contributed by atoms with Crippen molar-refractivity contribution in [1.82, 2.24) is 0 Å². The van der Waals surface area contributed by atoms with Crippen LogP contribution in [0, 0.1) is 10.8 Å². The minimum atomic E-state index is -0.321. The first kappa shape index (κ1) is 15.4. The van der Waals surface area contributed by atoms with Crippen LogP contribution in [0.15, 0.2) is 22.8 Å². The zero-order valence-electron chi connectivity index (χ0n) is 12.0. The third-order valence-electron chi connectivity index (χ3n) is 4.11. The van der Waals surface area contributed by atoms with Crippen LogP contribution in [-0.2, 0) is 0 Å². The Kier molecular flexibility index (Phi) is 4.76. The maximum atomic E-state index is 9.75. The average Bonchev–Trinajstić information content (AvgIpc) is 2.51. The summed E-state index contributed by atoms with van der Waals surface area (Å²) in [5, 5.41) is 28.5. The topological polar surface area (TPSA) is 60.7 Å². The van der Waals surface area contributed by atoms with Gasteiger partial charge in [-0.05, 0) is 36.3 Å². The Hall–Kier alpha value is -0.640. The lowest BCUT2D eigenvalue weighted by Gasteiger charge is -2.28. The van der Waals surface area contributed by atoms with Gasteiger partial charge in [-0.2, -0.15) is 0 Å². The summed E-state index contributed by atoms with van der Waals surface area (Å²) in [5.41, 5.74) is 2.73. The second-order valence-electron chi connectivity index (χ2n) is 6.08. The van der Waals surface area contributed by atoms with Crippen molar-refractivity contribution in [2.24, 2.45) is 10.8 Å². The van der Waals surface area contributed by atoms with E-state index in [1.165, 1.54) is 5.57 Å². The van der Waals surface area contributed by atoms with Crippen molar-refractivity contribution in [2.45, 2.75) is 40.5 Å². The summed E-state index contributed by atoms with van der Waals surface area (Å²) in [5.74, 6) is 0. The maximum Gasteiger partial charge on any atom is 0.0681 e. The zero-order valence-corrected chi connectivity index (χ0v) is 12.0. The highest BCUT2D eigenvalue weighted by Gasteiger charge is 2.46. The van der Waals surface area contributed by atoms with Gasteiger partial charge in [-0.1, -0.05) is 32.4 Å². The molecule has 0 heterocycles. The van der Waals surface area contributed by atoms with E-state index in [4.69, 9.17) is 0 Å². The fourth-order valence-electron chi connectivity index (χ4n) is 3.48. The molecule has 18 heavy (non-hydrogen) atoms. The lowest BCUT2D eigenvalue weighted by molar-refractivity contribution is 0.150. The monoisotopic (exact) mass is 254 g/mol. The van der Waals surface area contributed by atoms with Crippen molar-refractivity contribution in [1.29, 1.82) is 0 Å². The Morgan fingerprint density at radius 3 is 2.22 bits per heavy atom. The van der Waals surface area contributed by atoms with Crippen LogP contribution >= 0.6 is 0 Å². The van der Waals surface area contributed by atoms with E-state index < -0.39 is 0 Å². The molecule has 3 heteroatoms. The first-order valence-corrected chi connectivity index (χ1v) is 6.58. The second kappa shape index (κ2) is 5.55. The van der Waals surface area contributed by atoms with Gasteiger partial charge in [0.25, 0.3) is 0 Å². The molecule has 0 aromatic heterocycles. The number of allylic oxidation sites excluding steroid dienone is 1. The van der Waals surface area contributed by atoms with Crippen molar-refractivity contribution < 1.29 is 15.3 Å². The van der Waals surface area contributed by atoms with Crippen molar-refractivity contribution in [3.05, 3.63) is 22.8 Å². The van der Waals surface area contributed by atoms with Crippen molar-refractivity contribution in [2.75, 3.05) is 19.8 Å². The van der Waals surface area contributed by atoms with Gasteiger partial charge in [-0.15, -0.1) is 0 Å². The molecule has 0 spiro atoms. The van der Waals surface area contributed by atoms with Gasteiger partial charge in [0.05, 0.1) is 13.2 Å². The van der Waals surface area contributed by atoms with E-state index in [0.29, 0.717) is 6.42 Å². The van der Waals surface area contributed by atoms with E-state index in [-0.39, 0.29) is 30.7 Å². The van der Waals surface area contributed by atoms with Gasteiger partial charge >= 0.3 is 0 Å². The van der Waals surface area contributed by atoms with Gasteiger partial charge in [0.1, 0.15) is 0 Å². The van der Waals surface area contributed by atoms with Crippen LogP contribution in [0.4, 0.5) is 0 Å². The highest BCUT2D eigenvalue weighted by molar-refractivity contribution is 5.47. The van der Waals surface area contributed by atoms with Crippen LogP contribution in [0.3, 0.4) is 0 Å². The summed E-state index contributed by atoms with van der Waals surface area (Å²) < 4.78 is 0. The van der Waals surface area contributed by atoms with Gasteiger partial charge < -0.3 is 15.3 Å². The Balaban J connectivity index is 3.41. The van der Waals surface area contributed by atoms with Crippen molar-refractivity contribution in [3.8, 4) is 0 Å². The van der Waals surface area contributed by atoms with Crippen molar-refractivity contribution >= 4 is 0 Å². The van der Waals surface area contributed by atoms with E-state index in [9.17, 15) is 15.3 Å². The molecule has 1 aliphatic rings. The van der Waals surface area contributed by atoms with Crippen LogP contribution in [-0.4, -0.2) is 35.1 Å². The first-order chi connectivity index (χ1) is 8.36. The van der Waals surface area contributed by atoms with E-state index in [1.807, 2.05) is 19.9 Å². The summed E-state index contributed by atoms with van der Waals surface area (Å²) in [6, 6.07) is 0. The summed E-state index contributed by atoms with van der Waals surface area (Å²) in [6.45, 7) is 8.37. The fourth-order valence-corrected chi connectivity index (χ4v) is 3.48. The Morgan fingerprint density at radius 2 is 1.83 bits per heavy atom.